The Balaban J connectivity index is 1.53. The molecule has 100 valence electrons. The maximum atomic E-state index is 3.62. The molecule has 0 fully saturated rings. The lowest BCUT2D eigenvalue weighted by atomic mass is 10.0. The zero-order valence-corrected chi connectivity index (χ0v) is 12.8. The molecule has 0 spiro atoms. The Labute approximate surface area is 123 Å². The van der Waals surface area contributed by atoms with Gasteiger partial charge in [-0.15, -0.1) is 23.1 Å². The van der Waals surface area contributed by atoms with Crippen molar-refractivity contribution in [2.24, 2.45) is 0 Å². The zero-order chi connectivity index (χ0) is 13.1. The molecule has 2 heterocycles. The van der Waals surface area contributed by atoms with Gasteiger partial charge in [0.15, 0.2) is 0 Å². The van der Waals surface area contributed by atoms with Crippen LogP contribution in [-0.2, 0) is 13.0 Å². The van der Waals surface area contributed by atoms with Gasteiger partial charge in [-0.2, -0.15) is 0 Å². The molecule has 1 aliphatic heterocycles. The molecule has 1 atom stereocenters. The normalized spacial score (nSPS) is 17.6. The second-order valence-corrected chi connectivity index (χ2v) is 7.21. The number of hydrogen-bond acceptors (Lipinski definition) is 3. The first-order chi connectivity index (χ1) is 9.36. The Morgan fingerprint density at radius 3 is 2.84 bits per heavy atom. The molecule has 3 rings (SSSR count). The average Bonchev–Trinajstić information content (AvgIpc) is 3.06. The largest absolute Gasteiger partial charge is 0.311 e. The van der Waals surface area contributed by atoms with Crippen LogP contribution in [0.25, 0.3) is 0 Å². The highest BCUT2D eigenvalue weighted by molar-refractivity contribution is 7.99. The summed E-state index contributed by atoms with van der Waals surface area (Å²) in [5, 5.41) is 3.62. The minimum absolute atomic E-state index is 0.673. The van der Waals surface area contributed by atoms with Crippen LogP contribution in [0.4, 0.5) is 0 Å². The molecule has 0 amide bonds. The summed E-state index contributed by atoms with van der Waals surface area (Å²) >= 11 is 3.93. The summed E-state index contributed by atoms with van der Waals surface area (Å²) in [4.78, 5) is 4.41. The van der Waals surface area contributed by atoms with E-state index in [4.69, 9.17) is 0 Å². The molecule has 0 radical (unpaired) electrons. The van der Waals surface area contributed by atoms with Gasteiger partial charge in [-0.1, -0.05) is 25.1 Å². The molecule has 1 aromatic carbocycles. The first-order valence-corrected chi connectivity index (χ1v) is 8.67. The summed E-state index contributed by atoms with van der Waals surface area (Å²) in [6.07, 6.45) is 1.15. The van der Waals surface area contributed by atoms with Gasteiger partial charge in [0.05, 0.1) is 0 Å². The summed E-state index contributed by atoms with van der Waals surface area (Å²) in [7, 11) is 0. The number of benzene rings is 1. The van der Waals surface area contributed by atoms with E-state index in [9.17, 15) is 0 Å². The number of nitrogens with one attached hydrogen (secondary N) is 1. The predicted octanol–water partition coefficient (Wildman–Crippen LogP) is 4.29. The van der Waals surface area contributed by atoms with E-state index in [1.807, 2.05) is 23.1 Å². The van der Waals surface area contributed by atoms with Gasteiger partial charge in [0.2, 0.25) is 0 Å². The average molecular weight is 289 g/mol. The van der Waals surface area contributed by atoms with Crippen molar-refractivity contribution in [1.82, 2.24) is 5.32 Å². The standard InChI is InChI=1S/C16H19NS2/c1-2-13-7-8-14(19-13)10-17-9-12-11-18-16-6-4-3-5-15(12)16/h3-8,12,17H,2,9-11H2,1H3. The lowest BCUT2D eigenvalue weighted by molar-refractivity contribution is 0.625. The maximum absolute atomic E-state index is 3.62. The highest BCUT2D eigenvalue weighted by Crippen LogP contribution is 2.38. The van der Waals surface area contributed by atoms with Crippen molar-refractivity contribution in [2.45, 2.75) is 30.7 Å². The monoisotopic (exact) mass is 289 g/mol. The number of rotatable bonds is 5. The summed E-state index contributed by atoms with van der Waals surface area (Å²) < 4.78 is 0. The quantitative estimate of drug-likeness (QED) is 0.881. The molecule has 1 nitrogen and oxygen atoms in total. The van der Waals surface area contributed by atoms with E-state index >= 15 is 0 Å². The predicted molar refractivity (Wildman–Crippen MR) is 85.3 cm³/mol. The van der Waals surface area contributed by atoms with E-state index in [0.29, 0.717) is 5.92 Å². The second-order valence-electron chi connectivity index (χ2n) is 4.90. The Kier molecular flexibility index (Phi) is 4.26. The van der Waals surface area contributed by atoms with Crippen molar-refractivity contribution in [3.63, 3.8) is 0 Å². The van der Waals surface area contributed by atoms with Gasteiger partial charge in [0, 0.05) is 39.4 Å². The minimum atomic E-state index is 0.673. The lowest BCUT2D eigenvalue weighted by Gasteiger charge is -2.11. The molecule has 19 heavy (non-hydrogen) atoms. The fourth-order valence-electron chi connectivity index (χ4n) is 2.48. The van der Waals surface area contributed by atoms with Crippen LogP contribution in [0.2, 0.25) is 0 Å². The Hall–Kier alpha value is -0.770. The van der Waals surface area contributed by atoms with Crippen LogP contribution >= 0.6 is 23.1 Å². The first kappa shape index (κ1) is 13.2. The molecule has 0 saturated heterocycles. The molecule has 1 aliphatic rings. The van der Waals surface area contributed by atoms with E-state index in [0.717, 1.165) is 19.5 Å². The highest BCUT2D eigenvalue weighted by Gasteiger charge is 2.21. The Morgan fingerprint density at radius 2 is 2.00 bits per heavy atom. The molecule has 0 aliphatic carbocycles. The van der Waals surface area contributed by atoms with Crippen molar-refractivity contribution < 1.29 is 0 Å². The molecule has 0 saturated carbocycles. The number of hydrogen-bond donors (Lipinski definition) is 1. The van der Waals surface area contributed by atoms with Crippen molar-refractivity contribution in [3.05, 3.63) is 51.7 Å². The van der Waals surface area contributed by atoms with E-state index in [1.54, 1.807) is 0 Å². The maximum Gasteiger partial charge on any atom is 0.0300 e. The highest BCUT2D eigenvalue weighted by atomic mass is 32.2. The van der Waals surface area contributed by atoms with Crippen LogP contribution in [0.15, 0.2) is 41.3 Å². The smallest absolute Gasteiger partial charge is 0.0300 e. The third kappa shape index (κ3) is 3.04. The topological polar surface area (TPSA) is 12.0 Å². The second kappa shape index (κ2) is 6.12. The van der Waals surface area contributed by atoms with E-state index in [2.05, 4.69) is 48.6 Å². The summed E-state index contributed by atoms with van der Waals surface area (Å²) in [6.45, 7) is 4.31. The summed E-state index contributed by atoms with van der Waals surface area (Å²) in [6, 6.07) is 13.3. The third-order valence-corrected chi connectivity index (χ3v) is 6.04. The van der Waals surface area contributed by atoms with Crippen molar-refractivity contribution in [3.8, 4) is 0 Å². The van der Waals surface area contributed by atoms with Gasteiger partial charge >= 0.3 is 0 Å². The molecule has 0 bridgehead atoms. The van der Waals surface area contributed by atoms with Gasteiger partial charge in [-0.05, 0) is 30.2 Å². The van der Waals surface area contributed by atoms with Crippen LogP contribution in [0.1, 0.15) is 28.2 Å². The van der Waals surface area contributed by atoms with E-state index in [-0.39, 0.29) is 0 Å². The Morgan fingerprint density at radius 1 is 1.16 bits per heavy atom. The summed E-state index contributed by atoms with van der Waals surface area (Å²) in [5.74, 6) is 1.89. The first-order valence-electron chi connectivity index (χ1n) is 6.87. The van der Waals surface area contributed by atoms with Crippen LogP contribution < -0.4 is 5.32 Å². The molecule has 2 aromatic rings. The SMILES string of the molecule is CCc1ccc(CNCC2CSc3ccccc32)s1. The molecule has 3 heteroatoms. The van der Waals surface area contributed by atoms with E-state index in [1.165, 1.54) is 26.0 Å². The number of thiophene rings is 1. The van der Waals surface area contributed by atoms with Gasteiger partial charge in [-0.3, -0.25) is 0 Å². The molecular formula is C16H19NS2. The van der Waals surface area contributed by atoms with Gasteiger partial charge in [0.25, 0.3) is 0 Å². The van der Waals surface area contributed by atoms with Crippen LogP contribution in [-0.4, -0.2) is 12.3 Å². The zero-order valence-electron chi connectivity index (χ0n) is 11.2. The number of fused-ring (bicyclic) bond motifs is 1. The van der Waals surface area contributed by atoms with Gasteiger partial charge < -0.3 is 5.32 Å². The molecule has 1 unspecified atom stereocenters. The van der Waals surface area contributed by atoms with Crippen LogP contribution in [0, 0.1) is 0 Å². The van der Waals surface area contributed by atoms with Crippen LogP contribution in [0.5, 0.6) is 0 Å². The van der Waals surface area contributed by atoms with Crippen LogP contribution in [0.3, 0.4) is 0 Å². The third-order valence-electron chi connectivity index (χ3n) is 3.55. The van der Waals surface area contributed by atoms with Crippen molar-refractivity contribution in [1.29, 1.82) is 0 Å². The van der Waals surface area contributed by atoms with E-state index < -0.39 is 0 Å². The van der Waals surface area contributed by atoms with Crippen molar-refractivity contribution in [2.75, 3.05) is 12.3 Å². The molecule has 1 N–H and O–H groups in total. The van der Waals surface area contributed by atoms with Gasteiger partial charge in [0.1, 0.15) is 0 Å². The fourth-order valence-corrected chi connectivity index (χ4v) is 4.66. The van der Waals surface area contributed by atoms with Crippen molar-refractivity contribution >= 4 is 23.1 Å². The minimum Gasteiger partial charge on any atom is -0.311 e. The number of thioether (sulfide) groups is 1. The fraction of sp³-hybridized carbons (Fsp3) is 0.375. The Bertz CT molecular complexity index is 547. The number of aryl methyl sites for hydroxylation is 1. The summed E-state index contributed by atoms with van der Waals surface area (Å²) in [5.41, 5.74) is 1.53. The lowest BCUT2D eigenvalue weighted by Crippen LogP contribution is -2.20. The van der Waals surface area contributed by atoms with Gasteiger partial charge in [-0.25, -0.2) is 0 Å². The molecular weight excluding hydrogens is 270 g/mol. The molecule has 1 aromatic heterocycles.